The summed E-state index contributed by atoms with van der Waals surface area (Å²) in [6.45, 7) is 6.25. The van der Waals surface area contributed by atoms with Gasteiger partial charge in [-0.05, 0) is 92.3 Å². The van der Waals surface area contributed by atoms with Crippen LogP contribution in [0.15, 0.2) is 24.3 Å². The molecule has 0 radical (unpaired) electrons. The maximum Gasteiger partial charge on any atom is 0.354 e. The molecule has 3 aliphatic carbocycles. The average Bonchev–Trinajstić information content (AvgIpc) is 3.43. The molecule has 3 aromatic rings. The first-order chi connectivity index (χ1) is 19.0. The maximum absolute atomic E-state index is 13.2. The van der Waals surface area contributed by atoms with Crippen molar-refractivity contribution in [3.05, 3.63) is 52.6 Å². The van der Waals surface area contributed by atoms with Crippen LogP contribution in [0.3, 0.4) is 0 Å². The fourth-order valence-electron chi connectivity index (χ4n) is 5.59. The lowest BCUT2D eigenvalue weighted by Gasteiger charge is -2.53. The van der Waals surface area contributed by atoms with Gasteiger partial charge in [0.25, 0.3) is 11.7 Å². The summed E-state index contributed by atoms with van der Waals surface area (Å²) in [5.41, 5.74) is 7.00. The van der Waals surface area contributed by atoms with Gasteiger partial charge < -0.3 is 20.9 Å². The van der Waals surface area contributed by atoms with Gasteiger partial charge in [0.15, 0.2) is 5.69 Å². The van der Waals surface area contributed by atoms with Crippen LogP contribution in [-0.4, -0.2) is 60.6 Å². The Hall–Kier alpha value is -3.71. The normalized spacial score (nSPS) is 21.2. The van der Waals surface area contributed by atoms with Crippen LogP contribution in [0.25, 0.3) is 5.78 Å². The Morgan fingerprint density at radius 1 is 1.17 bits per heavy atom. The number of hydrogen-bond acceptors (Lipinski definition) is 9. The number of nitrogens with one attached hydrogen (secondary N) is 1. The summed E-state index contributed by atoms with van der Waals surface area (Å²) < 4.78 is 19.4. The molecule has 42 heavy (non-hydrogen) atoms. The van der Waals surface area contributed by atoms with Crippen molar-refractivity contribution in [1.82, 2.24) is 30.3 Å². The fourth-order valence-corrected chi connectivity index (χ4v) is 5.59. The Bertz CT molecular complexity index is 1410. The Morgan fingerprint density at radius 2 is 1.81 bits per heavy atom. The number of carboxylic acid groups (broad SMARTS) is 1. The number of aromatic nitrogens is 5. The molecule has 3 saturated carbocycles. The molecule has 1 aromatic carbocycles. The third kappa shape index (κ3) is 7.01. The van der Waals surface area contributed by atoms with E-state index in [1.54, 1.807) is 19.1 Å². The quantitative estimate of drug-likeness (QED) is 0.334. The minimum Gasteiger partial charge on any atom is -0.477 e. The second-order valence-corrected chi connectivity index (χ2v) is 10.6. The molecule has 1 amide bonds. The van der Waals surface area contributed by atoms with E-state index in [4.69, 9.17) is 15.6 Å². The standard InChI is InChI=1S/C14H11FN6O3.C13H23NO2.CH4.ClH/c1-7-4-8(2-3-9(7)15)6-16-12(22)10-5-11(13(23)24)21-14(17-10)18-19-20-21;1-3-16-11(15)13-7-4-12(5-8-13,6-9-13)10(2)14;;/h2-5H,6H2,1H3,(H,16,22)(H,23,24);10H,3-9,14H2,1-2H3;1H4;1H. The van der Waals surface area contributed by atoms with E-state index < -0.39 is 11.9 Å². The number of rotatable bonds is 7. The first-order valence-corrected chi connectivity index (χ1v) is 13.3. The third-order valence-corrected chi connectivity index (χ3v) is 8.28. The van der Waals surface area contributed by atoms with E-state index >= 15 is 0 Å². The highest BCUT2D eigenvalue weighted by molar-refractivity contribution is 5.95. The summed E-state index contributed by atoms with van der Waals surface area (Å²) in [7, 11) is 0. The van der Waals surface area contributed by atoms with Crippen molar-refractivity contribution < 1.29 is 28.6 Å². The Balaban J connectivity index is 0.000000301. The number of carbonyl (C=O) groups excluding carboxylic acids is 2. The molecule has 2 bridgehead atoms. The topological polar surface area (TPSA) is 175 Å². The highest BCUT2D eigenvalue weighted by Crippen LogP contribution is 2.58. The minimum absolute atomic E-state index is 0. The number of esters is 1. The van der Waals surface area contributed by atoms with E-state index in [9.17, 15) is 18.8 Å². The van der Waals surface area contributed by atoms with Gasteiger partial charge in [-0.3, -0.25) is 9.59 Å². The molecule has 0 saturated heterocycles. The summed E-state index contributed by atoms with van der Waals surface area (Å²) >= 11 is 0. The van der Waals surface area contributed by atoms with E-state index in [2.05, 4.69) is 32.7 Å². The van der Waals surface area contributed by atoms with Crippen molar-refractivity contribution in [2.24, 2.45) is 16.6 Å². The van der Waals surface area contributed by atoms with Crippen LogP contribution < -0.4 is 11.1 Å². The van der Waals surface area contributed by atoms with Crippen molar-refractivity contribution in [1.29, 1.82) is 0 Å². The fraction of sp³-hybridized carbons (Fsp3) is 0.536. The van der Waals surface area contributed by atoms with Crippen molar-refractivity contribution in [3.63, 3.8) is 0 Å². The van der Waals surface area contributed by atoms with Crippen LogP contribution >= 0.6 is 12.4 Å². The Labute approximate surface area is 250 Å². The van der Waals surface area contributed by atoms with Crippen molar-refractivity contribution in [2.45, 2.75) is 79.3 Å². The second-order valence-electron chi connectivity index (χ2n) is 10.6. The first kappa shape index (κ1) is 34.5. The van der Waals surface area contributed by atoms with Crippen LogP contribution in [0, 0.1) is 23.6 Å². The molecule has 14 heteroatoms. The van der Waals surface area contributed by atoms with Gasteiger partial charge in [-0.1, -0.05) is 24.7 Å². The SMILES string of the molecule is C.CCOC(=O)C12CCC(C(C)N)(CC1)CC2.Cc1cc(CNC(=O)c2cc(C(=O)O)n3nnnc3n2)ccc1F.Cl. The number of nitrogens with two attached hydrogens (primary N) is 1. The third-order valence-electron chi connectivity index (χ3n) is 8.28. The number of carboxylic acids is 1. The monoisotopic (exact) mass is 607 g/mol. The van der Waals surface area contributed by atoms with E-state index in [-0.39, 0.29) is 66.8 Å². The number of aromatic carboxylic acids is 1. The van der Waals surface area contributed by atoms with Gasteiger partial charge in [0.2, 0.25) is 0 Å². The van der Waals surface area contributed by atoms with E-state index in [0.717, 1.165) is 49.1 Å². The van der Waals surface area contributed by atoms with Crippen molar-refractivity contribution in [2.75, 3.05) is 6.61 Å². The smallest absolute Gasteiger partial charge is 0.354 e. The lowest BCUT2D eigenvalue weighted by molar-refractivity contribution is -0.166. The zero-order valence-electron chi connectivity index (χ0n) is 23.2. The zero-order valence-corrected chi connectivity index (χ0v) is 24.0. The molecule has 12 nitrogen and oxygen atoms in total. The Kier molecular flexibility index (Phi) is 11.5. The number of halogens is 2. The van der Waals surface area contributed by atoms with Crippen molar-refractivity contribution in [3.8, 4) is 0 Å². The number of aryl methyl sites for hydroxylation is 1. The summed E-state index contributed by atoms with van der Waals surface area (Å²) in [6.07, 6.45) is 6.24. The lowest BCUT2D eigenvalue weighted by Crippen LogP contribution is -2.52. The molecule has 3 aliphatic rings. The molecule has 0 spiro atoms. The number of tetrazole rings is 1. The molecule has 2 heterocycles. The molecular weight excluding hydrogens is 569 g/mol. The second kappa shape index (κ2) is 14.0. The van der Waals surface area contributed by atoms with Crippen LogP contribution in [0.5, 0.6) is 0 Å². The number of hydrogen-bond donors (Lipinski definition) is 3. The number of carbonyl (C=O) groups is 3. The molecule has 4 N–H and O–H groups in total. The summed E-state index contributed by atoms with van der Waals surface area (Å²) in [6, 6.07) is 5.80. The average molecular weight is 608 g/mol. The van der Waals surface area contributed by atoms with E-state index in [1.807, 2.05) is 6.92 Å². The predicted molar refractivity (Wildman–Crippen MR) is 155 cm³/mol. The van der Waals surface area contributed by atoms with Crippen LogP contribution in [0.2, 0.25) is 0 Å². The molecule has 230 valence electrons. The van der Waals surface area contributed by atoms with Gasteiger partial charge in [0.1, 0.15) is 11.5 Å². The molecule has 0 aliphatic heterocycles. The Morgan fingerprint density at radius 3 is 2.36 bits per heavy atom. The number of amides is 1. The minimum atomic E-state index is -1.29. The van der Waals surface area contributed by atoms with Gasteiger partial charge in [-0.25, -0.2) is 14.2 Å². The highest BCUT2D eigenvalue weighted by Gasteiger charge is 2.54. The molecule has 2 aromatic heterocycles. The van der Waals surface area contributed by atoms with Crippen LogP contribution in [-0.2, 0) is 16.1 Å². The van der Waals surface area contributed by atoms with Crippen molar-refractivity contribution >= 4 is 36.0 Å². The first-order valence-electron chi connectivity index (χ1n) is 13.3. The molecular formula is C28H39ClFN7O5. The zero-order chi connectivity index (χ0) is 29.1. The molecule has 1 atom stereocenters. The lowest BCUT2D eigenvalue weighted by atomic mass is 9.52. The summed E-state index contributed by atoms with van der Waals surface area (Å²) in [4.78, 5) is 39.3. The van der Waals surface area contributed by atoms with Gasteiger partial charge in [-0.2, -0.15) is 4.52 Å². The van der Waals surface area contributed by atoms with Crippen LogP contribution in [0.4, 0.5) is 4.39 Å². The number of nitrogens with zero attached hydrogens (tertiary/aromatic N) is 5. The highest BCUT2D eigenvalue weighted by atomic mass is 35.5. The van der Waals surface area contributed by atoms with E-state index in [0.29, 0.717) is 23.1 Å². The number of ether oxygens (including phenoxy) is 1. The largest absolute Gasteiger partial charge is 0.477 e. The number of fused-ring (bicyclic) bond motifs is 4. The molecule has 1 unspecified atom stereocenters. The summed E-state index contributed by atoms with van der Waals surface area (Å²) in [5, 5.41) is 22.1. The van der Waals surface area contributed by atoms with Crippen LogP contribution in [0.1, 0.15) is 91.9 Å². The van der Waals surface area contributed by atoms with E-state index in [1.165, 1.54) is 6.07 Å². The van der Waals surface area contributed by atoms with Gasteiger partial charge in [0.05, 0.1) is 12.0 Å². The molecule has 3 fully saturated rings. The van der Waals surface area contributed by atoms with Gasteiger partial charge in [0, 0.05) is 18.7 Å². The predicted octanol–water partition coefficient (Wildman–Crippen LogP) is 3.89. The maximum atomic E-state index is 13.2. The van der Waals surface area contributed by atoms with Gasteiger partial charge >= 0.3 is 11.9 Å². The number of benzene rings is 1. The summed E-state index contributed by atoms with van der Waals surface area (Å²) in [5.74, 6) is -2.28. The van der Waals surface area contributed by atoms with Gasteiger partial charge in [-0.15, -0.1) is 12.4 Å². The molecule has 6 rings (SSSR count).